The lowest BCUT2D eigenvalue weighted by Crippen LogP contribution is -2.27. The lowest BCUT2D eigenvalue weighted by atomic mass is 10.2. The SMILES string of the molecule is CC(C)Cn1ccnc(NCCOCC(=O)O)c1=O. The first-order valence-corrected chi connectivity index (χ1v) is 6.09. The molecule has 0 atom stereocenters. The van der Waals surface area contributed by atoms with Gasteiger partial charge in [-0.05, 0) is 5.92 Å². The van der Waals surface area contributed by atoms with E-state index in [1.807, 2.05) is 13.8 Å². The minimum Gasteiger partial charge on any atom is -0.480 e. The molecular weight excluding hydrogens is 250 g/mol. The van der Waals surface area contributed by atoms with Gasteiger partial charge < -0.3 is 19.7 Å². The zero-order valence-electron chi connectivity index (χ0n) is 11.1. The number of anilines is 1. The lowest BCUT2D eigenvalue weighted by molar-refractivity contribution is -0.142. The van der Waals surface area contributed by atoms with Gasteiger partial charge in [-0.2, -0.15) is 0 Å². The topological polar surface area (TPSA) is 93.4 Å². The molecule has 2 N–H and O–H groups in total. The van der Waals surface area contributed by atoms with Crippen LogP contribution in [0.3, 0.4) is 0 Å². The highest BCUT2D eigenvalue weighted by Gasteiger charge is 2.05. The summed E-state index contributed by atoms with van der Waals surface area (Å²) in [6, 6.07) is 0. The molecule has 19 heavy (non-hydrogen) atoms. The summed E-state index contributed by atoms with van der Waals surface area (Å²) in [5.74, 6) is -0.397. The molecule has 1 aromatic rings. The van der Waals surface area contributed by atoms with Crippen molar-refractivity contribution in [1.82, 2.24) is 9.55 Å². The van der Waals surface area contributed by atoms with E-state index in [1.54, 1.807) is 17.0 Å². The maximum Gasteiger partial charge on any atom is 0.329 e. The molecule has 0 amide bonds. The van der Waals surface area contributed by atoms with Crippen molar-refractivity contribution in [3.05, 3.63) is 22.7 Å². The molecule has 1 rings (SSSR count). The van der Waals surface area contributed by atoms with E-state index in [0.29, 0.717) is 19.0 Å². The van der Waals surface area contributed by atoms with Crippen LogP contribution in [-0.2, 0) is 16.1 Å². The molecule has 0 bridgehead atoms. The number of aliphatic carboxylic acids is 1. The van der Waals surface area contributed by atoms with Crippen LogP contribution >= 0.6 is 0 Å². The van der Waals surface area contributed by atoms with Crippen LogP contribution in [0.2, 0.25) is 0 Å². The number of carboxylic acids is 1. The standard InChI is InChI=1S/C12H19N3O4/c1-9(2)7-15-5-3-13-11(12(15)18)14-4-6-19-8-10(16)17/h3,5,9H,4,6-8H2,1-2H3,(H,13,14)(H,16,17). The number of aromatic nitrogens is 2. The Morgan fingerprint density at radius 1 is 1.58 bits per heavy atom. The summed E-state index contributed by atoms with van der Waals surface area (Å²) in [5.41, 5.74) is -0.186. The van der Waals surface area contributed by atoms with Crippen molar-refractivity contribution in [3.63, 3.8) is 0 Å². The molecule has 0 radical (unpaired) electrons. The van der Waals surface area contributed by atoms with Crippen molar-refractivity contribution in [2.45, 2.75) is 20.4 Å². The van der Waals surface area contributed by atoms with Crippen LogP contribution in [0, 0.1) is 5.92 Å². The number of hydrogen-bond acceptors (Lipinski definition) is 5. The van der Waals surface area contributed by atoms with Crippen LogP contribution in [0.4, 0.5) is 5.82 Å². The molecule has 0 spiro atoms. The molecule has 1 aromatic heterocycles. The fraction of sp³-hybridized carbons (Fsp3) is 0.583. The van der Waals surface area contributed by atoms with E-state index in [4.69, 9.17) is 9.84 Å². The van der Waals surface area contributed by atoms with E-state index < -0.39 is 5.97 Å². The minimum absolute atomic E-state index is 0.186. The van der Waals surface area contributed by atoms with Crippen LogP contribution in [-0.4, -0.2) is 40.4 Å². The molecule has 106 valence electrons. The van der Waals surface area contributed by atoms with Gasteiger partial charge in [-0.15, -0.1) is 0 Å². The molecule has 0 unspecified atom stereocenters. The Hall–Kier alpha value is -1.89. The number of nitrogens with one attached hydrogen (secondary N) is 1. The Bertz CT molecular complexity index is 470. The summed E-state index contributed by atoms with van der Waals surface area (Å²) >= 11 is 0. The lowest BCUT2D eigenvalue weighted by Gasteiger charge is -2.10. The minimum atomic E-state index is -1.02. The molecule has 0 aromatic carbocycles. The maximum atomic E-state index is 12.0. The fourth-order valence-corrected chi connectivity index (χ4v) is 1.51. The molecule has 0 saturated heterocycles. The van der Waals surface area contributed by atoms with Gasteiger partial charge in [0.05, 0.1) is 6.61 Å². The third-order valence-electron chi connectivity index (χ3n) is 2.24. The largest absolute Gasteiger partial charge is 0.480 e. The predicted octanol–water partition coefficient (Wildman–Crippen LogP) is 0.412. The summed E-state index contributed by atoms with van der Waals surface area (Å²) in [5, 5.41) is 11.2. The quantitative estimate of drug-likeness (QED) is 0.664. The van der Waals surface area contributed by atoms with Gasteiger partial charge in [-0.1, -0.05) is 13.8 Å². The molecule has 0 fully saturated rings. The van der Waals surface area contributed by atoms with Gasteiger partial charge in [0.2, 0.25) is 0 Å². The Kier molecular flexibility index (Phi) is 6.01. The van der Waals surface area contributed by atoms with Crippen LogP contribution in [0.25, 0.3) is 0 Å². The third-order valence-corrected chi connectivity index (χ3v) is 2.24. The van der Waals surface area contributed by atoms with E-state index in [9.17, 15) is 9.59 Å². The highest BCUT2D eigenvalue weighted by molar-refractivity contribution is 5.67. The van der Waals surface area contributed by atoms with Gasteiger partial charge in [0, 0.05) is 25.5 Å². The van der Waals surface area contributed by atoms with Gasteiger partial charge in [0.25, 0.3) is 5.56 Å². The van der Waals surface area contributed by atoms with Crippen molar-refractivity contribution in [1.29, 1.82) is 0 Å². The first-order chi connectivity index (χ1) is 9.00. The molecule has 0 aliphatic carbocycles. The molecule has 0 saturated carbocycles. The molecule has 0 aliphatic rings. The van der Waals surface area contributed by atoms with Gasteiger partial charge in [-0.25, -0.2) is 9.78 Å². The molecule has 1 heterocycles. The molecule has 7 nitrogen and oxygen atoms in total. The van der Waals surface area contributed by atoms with E-state index in [2.05, 4.69) is 10.3 Å². The number of nitrogens with zero attached hydrogens (tertiary/aromatic N) is 2. The second-order valence-electron chi connectivity index (χ2n) is 4.50. The van der Waals surface area contributed by atoms with E-state index in [1.165, 1.54) is 0 Å². The van der Waals surface area contributed by atoms with Crippen LogP contribution in [0.15, 0.2) is 17.2 Å². The number of ether oxygens (including phenoxy) is 1. The zero-order chi connectivity index (χ0) is 14.3. The monoisotopic (exact) mass is 269 g/mol. The number of carboxylic acid groups (broad SMARTS) is 1. The summed E-state index contributed by atoms with van der Waals surface area (Å²) < 4.78 is 6.45. The Balaban J connectivity index is 2.50. The van der Waals surface area contributed by atoms with E-state index in [-0.39, 0.29) is 24.6 Å². The fourth-order valence-electron chi connectivity index (χ4n) is 1.51. The summed E-state index contributed by atoms with van der Waals surface area (Å²) in [6.45, 7) is 4.88. The number of carbonyl (C=O) groups is 1. The van der Waals surface area contributed by atoms with Crippen LogP contribution < -0.4 is 10.9 Å². The van der Waals surface area contributed by atoms with Gasteiger partial charge in [0.1, 0.15) is 6.61 Å². The number of hydrogen-bond donors (Lipinski definition) is 2. The first kappa shape index (κ1) is 15.2. The average molecular weight is 269 g/mol. The molecule has 7 heteroatoms. The van der Waals surface area contributed by atoms with Crippen LogP contribution in [0.1, 0.15) is 13.8 Å². The van der Waals surface area contributed by atoms with Crippen LogP contribution in [0.5, 0.6) is 0 Å². The predicted molar refractivity (Wildman–Crippen MR) is 70.3 cm³/mol. The van der Waals surface area contributed by atoms with Crippen molar-refractivity contribution in [2.75, 3.05) is 25.1 Å². The third kappa shape index (κ3) is 5.52. The number of rotatable bonds is 8. The van der Waals surface area contributed by atoms with Gasteiger partial charge in [0.15, 0.2) is 5.82 Å². The van der Waals surface area contributed by atoms with Crippen molar-refractivity contribution < 1.29 is 14.6 Å². The Morgan fingerprint density at radius 3 is 2.95 bits per heavy atom. The first-order valence-electron chi connectivity index (χ1n) is 6.09. The van der Waals surface area contributed by atoms with Crippen molar-refractivity contribution in [3.8, 4) is 0 Å². The Labute approximate surface area is 111 Å². The van der Waals surface area contributed by atoms with E-state index in [0.717, 1.165) is 0 Å². The maximum absolute atomic E-state index is 12.0. The van der Waals surface area contributed by atoms with Gasteiger partial charge >= 0.3 is 5.97 Å². The normalized spacial score (nSPS) is 10.7. The summed E-state index contributed by atoms with van der Waals surface area (Å²) in [4.78, 5) is 26.2. The highest BCUT2D eigenvalue weighted by Crippen LogP contribution is 1.98. The highest BCUT2D eigenvalue weighted by atomic mass is 16.5. The molecule has 0 aliphatic heterocycles. The second-order valence-corrected chi connectivity index (χ2v) is 4.50. The van der Waals surface area contributed by atoms with Crippen molar-refractivity contribution >= 4 is 11.8 Å². The Morgan fingerprint density at radius 2 is 2.32 bits per heavy atom. The van der Waals surface area contributed by atoms with Crippen molar-refractivity contribution in [2.24, 2.45) is 5.92 Å². The zero-order valence-corrected chi connectivity index (χ0v) is 11.1. The van der Waals surface area contributed by atoms with Gasteiger partial charge in [-0.3, -0.25) is 4.79 Å². The van der Waals surface area contributed by atoms with E-state index >= 15 is 0 Å². The smallest absolute Gasteiger partial charge is 0.329 e. The second kappa shape index (κ2) is 7.52. The summed E-state index contributed by atoms with van der Waals surface area (Å²) in [6.07, 6.45) is 3.21. The summed E-state index contributed by atoms with van der Waals surface area (Å²) in [7, 11) is 0. The average Bonchev–Trinajstić information content (AvgIpc) is 2.32. The molecular formula is C12H19N3O4.